The standard InChI is InChI=1S/C13H16N4O4/c1-13(2,3)21-12(19)14-7-10(18)20-9-6-4-5-8-11(9)16-17-15-8/h4-6H,7H2,1-3H3,(H,14,19)(H,15,16,17). The Morgan fingerprint density at radius 2 is 2.10 bits per heavy atom. The fraction of sp³-hybridized carbons (Fsp3) is 0.385. The average molecular weight is 292 g/mol. The second-order valence-electron chi connectivity index (χ2n) is 5.29. The maximum absolute atomic E-state index is 11.7. The van der Waals surface area contributed by atoms with E-state index >= 15 is 0 Å². The number of alkyl carbamates (subject to hydrolysis) is 1. The molecule has 1 aromatic heterocycles. The van der Waals surface area contributed by atoms with E-state index in [2.05, 4.69) is 20.7 Å². The summed E-state index contributed by atoms with van der Waals surface area (Å²) in [6.07, 6.45) is -0.681. The van der Waals surface area contributed by atoms with E-state index in [0.717, 1.165) is 0 Å². The fourth-order valence-electron chi connectivity index (χ4n) is 1.54. The number of benzene rings is 1. The predicted octanol–water partition coefficient (Wildman–Crippen LogP) is 1.39. The van der Waals surface area contributed by atoms with Crippen LogP contribution in [0.3, 0.4) is 0 Å². The van der Waals surface area contributed by atoms with Gasteiger partial charge in [0, 0.05) is 0 Å². The van der Waals surface area contributed by atoms with Crippen LogP contribution in [0.1, 0.15) is 20.8 Å². The number of fused-ring (bicyclic) bond motifs is 1. The van der Waals surface area contributed by atoms with E-state index in [9.17, 15) is 9.59 Å². The van der Waals surface area contributed by atoms with Crippen LogP contribution < -0.4 is 10.1 Å². The van der Waals surface area contributed by atoms with E-state index in [1.807, 2.05) is 0 Å². The van der Waals surface area contributed by atoms with Gasteiger partial charge in [-0.05, 0) is 32.9 Å². The molecule has 1 heterocycles. The first-order chi connectivity index (χ1) is 9.85. The molecule has 21 heavy (non-hydrogen) atoms. The number of hydrogen-bond donors (Lipinski definition) is 2. The van der Waals surface area contributed by atoms with Crippen LogP contribution in [0, 0.1) is 0 Å². The molecule has 112 valence electrons. The van der Waals surface area contributed by atoms with E-state index in [1.165, 1.54) is 0 Å². The minimum absolute atomic E-state index is 0.275. The van der Waals surface area contributed by atoms with Gasteiger partial charge in [0.15, 0.2) is 11.3 Å². The zero-order chi connectivity index (χ0) is 15.5. The molecule has 0 atom stereocenters. The van der Waals surface area contributed by atoms with Crippen LogP contribution in [0.15, 0.2) is 18.2 Å². The maximum atomic E-state index is 11.7. The third kappa shape index (κ3) is 4.16. The number of ether oxygens (including phenoxy) is 2. The Hall–Kier alpha value is -2.64. The van der Waals surface area contributed by atoms with Crippen molar-refractivity contribution < 1.29 is 19.1 Å². The third-order valence-corrected chi connectivity index (χ3v) is 2.32. The van der Waals surface area contributed by atoms with Gasteiger partial charge < -0.3 is 14.8 Å². The quantitative estimate of drug-likeness (QED) is 0.654. The summed E-state index contributed by atoms with van der Waals surface area (Å²) in [5.41, 5.74) is 0.476. The molecular formula is C13H16N4O4. The number of esters is 1. The van der Waals surface area contributed by atoms with Gasteiger partial charge in [0.1, 0.15) is 12.1 Å². The van der Waals surface area contributed by atoms with Crippen LogP contribution in [0.2, 0.25) is 0 Å². The number of nitrogens with one attached hydrogen (secondary N) is 2. The number of nitrogens with zero attached hydrogens (tertiary/aromatic N) is 2. The van der Waals surface area contributed by atoms with Crippen molar-refractivity contribution in [3.8, 4) is 5.75 Å². The number of aromatic nitrogens is 3. The van der Waals surface area contributed by atoms with Crippen molar-refractivity contribution >= 4 is 23.1 Å². The van der Waals surface area contributed by atoms with E-state index in [-0.39, 0.29) is 12.3 Å². The van der Waals surface area contributed by atoms with Crippen LogP contribution in [-0.4, -0.2) is 39.6 Å². The highest BCUT2D eigenvalue weighted by Crippen LogP contribution is 2.21. The summed E-state index contributed by atoms with van der Waals surface area (Å²) in [4.78, 5) is 23.1. The number of aromatic amines is 1. The molecule has 0 fully saturated rings. The molecule has 8 heteroatoms. The largest absolute Gasteiger partial charge is 0.444 e. The van der Waals surface area contributed by atoms with Crippen LogP contribution >= 0.6 is 0 Å². The summed E-state index contributed by atoms with van der Waals surface area (Å²) in [5.74, 6) is -0.353. The lowest BCUT2D eigenvalue weighted by Gasteiger charge is -2.19. The van der Waals surface area contributed by atoms with E-state index in [4.69, 9.17) is 9.47 Å². The van der Waals surface area contributed by atoms with Gasteiger partial charge in [-0.1, -0.05) is 11.3 Å². The minimum atomic E-state index is -0.681. The molecule has 0 saturated heterocycles. The van der Waals surface area contributed by atoms with Crippen molar-refractivity contribution in [1.82, 2.24) is 20.7 Å². The topological polar surface area (TPSA) is 106 Å². The Bertz CT molecular complexity index is 659. The highest BCUT2D eigenvalue weighted by atomic mass is 16.6. The molecule has 1 aromatic carbocycles. The molecule has 0 spiro atoms. The number of H-pyrrole nitrogens is 1. The molecule has 0 unspecified atom stereocenters. The molecule has 2 N–H and O–H groups in total. The van der Waals surface area contributed by atoms with E-state index in [0.29, 0.717) is 11.0 Å². The van der Waals surface area contributed by atoms with Crippen molar-refractivity contribution in [1.29, 1.82) is 0 Å². The Labute approximate surface area is 120 Å². The predicted molar refractivity (Wildman–Crippen MR) is 73.8 cm³/mol. The van der Waals surface area contributed by atoms with Gasteiger partial charge >= 0.3 is 12.1 Å². The SMILES string of the molecule is CC(C)(C)OC(=O)NCC(=O)Oc1cccc2[nH]nnc12. The van der Waals surface area contributed by atoms with Crippen molar-refractivity contribution in [2.75, 3.05) is 6.54 Å². The second kappa shape index (κ2) is 5.78. The van der Waals surface area contributed by atoms with E-state index < -0.39 is 17.7 Å². The second-order valence-corrected chi connectivity index (χ2v) is 5.29. The maximum Gasteiger partial charge on any atom is 0.408 e. The molecule has 1 amide bonds. The summed E-state index contributed by atoms with van der Waals surface area (Å²) in [6.45, 7) is 4.89. The number of rotatable bonds is 3. The molecule has 0 radical (unpaired) electrons. The van der Waals surface area contributed by atoms with Crippen molar-refractivity contribution in [2.24, 2.45) is 0 Å². The molecule has 0 aliphatic carbocycles. The summed E-state index contributed by atoms with van der Waals surface area (Å²) >= 11 is 0. The van der Waals surface area contributed by atoms with Gasteiger partial charge in [-0.3, -0.25) is 5.10 Å². The highest BCUT2D eigenvalue weighted by Gasteiger charge is 2.17. The van der Waals surface area contributed by atoms with Gasteiger partial charge in [-0.25, -0.2) is 9.59 Å². The first-order valence-corrected chi connectivity index (χ1v) is 6.32. The average Bonchev–Trinajstić information content (AvgIpc) is 2.84. The summed E-state index contributed by atoms with van der Waals surface area (Å²) in [5, 5.41) is 12.4. The lowest BCUT2D eigenvalue weighted by molar-refractivity contribution is -0.133. The number of hydrogen-bond acceptors (Lipinski definition) is 6. The molecule has 2 aromatic rings. The molecule has 0 bridgehead atoms. The van der Waals surface area contributed by atoms with Crippen LogP contribution in [0.5, 0.6) is 5.75 Å². The first kappa shape index (κ1) is 14.8. The third-order valence-electron chi connectivity index (χ3n) is 2.32. The smallest absolute Gasteiger partial charge is 0.408 e. The van der Waals surface area contributed by atoms with Gasteiger partial charge in [-0.2, -0.15) is 0 Å². The Kier molecular flexibility index (Phi) is 4.06. The highest BCUT2D eigenvalue weighted by molar-refractivity contribution is 5.85. The molecule has 8 nitrogen and oxygen atoms in total. The summed E-state index contributed by atoms with van der Waals surface area (Å²) < 4.78 is 10.1. The van der Waals surface area contributed by atoms with Crippen LogP contribution in [-0.2, 0) is 9.53 Å². The van der Waals surface area contributed by atoms with Crippen molar-refractivity contribution in [3.63, 3.8) is 0 Å². The fourth-order valence-corrected chi connectivity index (χ4v) is 1.54. The monoisotopic (exact) mass is 292 g/mol. The van der Waals surface area contributed by atoms with Gasteiger partial charge in [0.2, 0.25) is 0 Å². The summed E-state index contributed by atoms with van der Waals surface area (Å²) in [6, 6.07) is 5.05. The molecule has 0 saturated carbocycles. The van der Waals surface area contributed by atoms with Crippen molar-refractivity contribution in [3.05, 3.63) is 18.2 Å². The summed E-state index contributed by atoms with van der Waals surface area (Å²) in [7, 11) is 0. The van der Waals surface area contributed by atoms with Gasteiger partial charge in [-0.15, -0.1) is 5.10 Å². The zero-order valence-corrected chi connectivity index (χ0v) is 12.0. The zero-order valence-electron chi connectivity index (χ0n) is 12.0. The Morgan fingerprint density at radius 1 is 1.33 bits per heavy atom. The van der Waals surface area contributed by atoms with E-state index in [1.54, 1.807) is 39.0 Å². The molecular weight excluding hydrogens is 276 g/mol. The van der Waals surface area contributed by atoms with Crippen LogP contribution in [0.4, 0.5) is 4.79 Å². The minimum Gasteiger partial charge on any atom is -0.444 e. The molecule has 0 aliphatic rings. The lowest BCUT2D eigenvalue weighted by Crippen LogP contribution is -2.36. The number of carbonyl (C=O) groups is 2. The number of carbonyl (C=O) groups excluding carboxylic acids is 2. The first-order valence-electron chi connectivity index (χ1n) is 6.32. The van der Waals surface area contributed by atoms with Gasteiger partial charge in [0.25, 0.3) is 0 Å². The molecule has 0 aliphatic heterocycles. The Morgan fingerprint density at radius 3 is 2.81 bits per heavy atom. The number of amides is 1. The lowest BCUT2D eigenvalue weighted by atomic mass is 10.2. The normalized spacial score (nSPS) is 11.2. The van der Waals surface area contributed by atoms with Crippen molar-refractivity contribution in [2.45, 2.75) is 26.4 Å². The van der Waals surface area contributed by atoms with Crippen LogP contribution in [0.25, 0.3) is 11.0 Å². The molecule has 2 rings (SSSR count). The Balaban J connectivity index is 1.90. The van der Waals surface area contributed by atoms with Gasteiger partial charge in [0.05, 0.1) is 5.52 Å².